The van der Waals surface area contributed by atoms with E-state index in [-0.39, 0.29) is 10.7 Å². The van der Waals surface area contributed by atoms with Crippen molar-refractivity contribution in [2.45, 2.75) is 12.5 Å². The molecule has 5 heteroatoms. The molecule has 20 heavy (non-hydrogen) atoms. The van der Waals surface area contributed by atoms with Crippen LogP contribution in [0.3, 0.4) is 0 Å². The van der Waals surface area contributed by atoms with Crippen molar-refractivity contribution in [3.8, 4) is 0 Å². The van der Waals surface area contributed by atoms with Crippen LogP contribution < -0.4 is 11.1 Å². The SMILES string of the molecule is N[C@@H](Cc1ccccc1)C(=O)Nc1cc(F)ccc1Cl. The third-order valence-electron chi connectivity index (χ3n) is 2.82. The number of carbonyl (C=O) groups is 1. The quantitative estimate of drug-likeness (QED) is 0.910. The summed E-state index contributed by atoms with van der Waals surface area (Å²) >= 11 is 5.88. The van der Waals surface area contributed by atoms with Crippen LogP contribution in [-0.4, -0.2) is 11.9 Å². The normalized spacial score (nSPS) is 11.9. The van der Waals surface area contributed by atoms with Crippen molar-refractivity contribution < 1.29 is 9.18 Å². The molecule has 3 nitrogen and oxygen atoms in total. The number of hydrogen-bond acceptors (Lipinski definition) is 2. The lowest BCUT2D eigenvalue weighted by atomic mass is 10.1. The third-order valence-corrected chi connectivity index (χ3v) is 3.15. The molecule has 2 aromatic rings. The average molecular weight is 293 g/mol. The minimum atomic E-state index is -0.725. The van der Waals surface area contributed by atoms with Crippen molar-refractivity contribution in [1.82, 2.24) is 0 Å². The smallest absolute Gasteiger partial charge is 0.241 e. The van der Waals surface area contributed by atoms with E-state index >= 15 is 0 Å². The maximum Gasteiger partial charge on any atom is 0.241 e. The fourth-order valence-electron chi connectivity index (χ4n) is 1.78. The molecule has 0 radical (unpaired) electrons. The molecule has 1 amide bonds. The zero-order chi connectivity index (χ0) is 14.5. The van der Waals surface area contributed by atoms with Crippen LogP contribution in [-0.2, 0) is 11.2 Å². The first-order valence-electron chi connectivity index (χ1n) is 6.11. The minimum absolute atomic E-state index is 0.222. The largest absolute Gasteiger partial charge is 0.323 e. The van der Waals surface area contributed by atoms with E-state index in [4.69, 9.17) is 17.3 Å². The highest BCUT2D eigenvalue weighted by Crippen LogP contribution is 2.22. The Bertz CT molecular complexity index is 604. The van der Waals surface area contributed by atoms with Gasteiger partial charge >= 0.3 is 0 Å². The van der Waals surface area contributed by atoms with Crippen LogP contribution in [0.15, 0.2) is 48.5 Å². The number of amides is 1. The lowest BCUT2D eigenvalue weighted by Crippen LogP contribution is -2.37. The number of nitrogens with two attached hydrogens (primary N) is 1. The molecule has 0 saturated heterocycles. The number of nitrogens with one attached hydrogen (secondary N) is 1. The Morgan fingerprint density at radius 3 is 2.65 bits per heavy atom. The number of hydrogen-bond donors (Lipinski definition) is 2. The van der Waals surface area contributed by atoms with Crippen LogP contribution >= 0.6 is 11.6 Å². The van der Waals surface area contributed by atoms with E-state index in [9.17, 15) is 9.18 Å². The van der Waals surface area contributed by atoms with Crippen LogP contribution in [0.1, 0.15) is 5.56 Å². The monoisotopic (exact) mass is 292 g/mol. The molecule has 2 aromatic carbocycles. The zero-order valence-electron chi connectivity index (χ0n) is 10.6. The van der Waals surface area contributed by atoms with Gasteiger partial charge in [-0.3, -0.25) is 4.79 Å². The number of anilines is 1. The van der Waals surface area contributed by atoms with E-state index in [0.29, 0.717) is 6.42 Å². The Hall–Kier alpha value is -1.91. The Labute approximate surface area is 121 Å². The molecule has 0 spiro atoms. The summed E-state index contributed by atoms with van der Waals surface area (Å²) in [6.45, 7) is 0. The molecule has 1 atom stereocenters. The van der Waals surface area contributed by atoms with Gasteiger partial charge in [0.25, 0.3) is 0 Å². The molecular formula is C15H14ClFN2O. The van der Waals surface area contributed by atoms with Gasteiger partial charge in [-0.1, -0.05) is 41.9 Å². The van der Waals surface area contributed by atoms with Crippen molar-refractivity contribution in [3.05, 3.63) is 64.9 Å². The van der Waals surface area contributed by atoms with Gasteiger partial charge in [-0.2, -0.15) is 0 Å². The molecule has 0 unspecified atom stereocenters. The summed E-state index contributed by atoms with van der Waals surface area (Å²) in [6, 6.07) is 12.5. The van der Waals surface area contributed by atoms with Crippen LogP contribution in [0.4, 0.5) is 10.1 Å². The van der Waals surface area contributed by atoms with E-state index in [2.05, 4.69) is 5.32 Å². The zero-order valence-corrected chi connectivity index (χ0v) is 11.4. The van der Waals surface area contributed by atoms with Crippen molar-refractivity contribution in [3.63, 3.8) is 0 Å². The number of benzene rings is 2. The molecule has 2 rings (SSSR count). The van der Waals surface area contributed by atoms with Gasteiger partial charge in [-0.15, -0.1) is 0 Å². The van der Waals surface area contributed by atoms with Gasteiger partial charge in [-0.05, 0) is 30.2 Å². The van der Waals surface area contributed by atoms with Gasteiger partial charge in [0.2, 0.25) is 5.91 Å². The van der Waals surface area contributed by atoms with Crippen molar-refractivity contribution in [1.29, 1.82) is 0 Å². The van der Waals surface area contributed by atoms with Gasteiger partial charge in [0, 0.05) is 0 Å². The highest BCUT2D eigenvalue weighted by molar-refractivity contribution is 6.33. The maximum absolute atomic E-state index is 13.1. The predicted octanol–water partition coefficient (Wildman–Crippen LogP) is 2.99. The highest BCUT2D eigenvalue weighted by atomic mass is 35.5. The fourth-order valence-corrected chi connectivity index (χ4v) is 1.94. The number of carbonyl (C=O) groups excluding carboxylic acids is 1. The fraction of sp³-hybridized carbons (Fsp3) is 0.133. The van der Waals surface area contributed by atoms with E-state index < -0.39 is 17.8 Å². The summed E-state index contributed by atoms with van der Waals surface area (Å²) in [7, 11) is 0. The molecule has 0 aliphatic rings. The molecule has 0 aliphatic carbocycles. The van der Waals surface area contributed by atoms with Crippen LogP contribution in [0.2, 0.25) is 5.02 Å². The first-order valence-corrected chi connectivity index (χ1v) is 6.49. The number of rotatable bonds is 4. The standard InChI is InChI=1S/C15H14ClFN2O/c16-12-7-6-11(17)9-14(12)19-15(20)13(18)8-10-4-2-1-3-5-10/h1-7,9,13H,8,18H2,(H,19,20)/t13-/m0/s1. The van der Waals surface area contributed by atoms with Crippen LogP contribution in [0.5, 0.6) is 0 Å². The van der Waals surface area contributed by atoms with E-state index in [1.165, 1.54) is 12.1 Å². The van der Waals surface area contributed by atoms with Crippen molar-refractivity contribution in [2.24, 2.45) is 5.73 Å². The Morgan fingerprint density at radius 1 is 1.25 bits per heavy atom. The Kier molecular flexibility index (Phi) is 4.71. The Balaban J connectivity index is 2.02. The molecular weight excluding hydrogens is 279 g/mol. The first kappa shape index (κ1) is 14.5. The number of halogens is 2. The molecule has 0 fully saturated rings. The van der Waals surface area contributed by atoms with Gasteiger partial charge in [0.1, 0.15) is 5.82 Å². The summed E-state index contributed by atoms with van der Waals surface area (Å²) in [5.74, 6) is -0.873. The summed E-state index contributed by atoms with van der Waals surface area (Å²) in [5.41, 5.74) is 7.02. The van der Waals surface area contributed by atoms with Crippen molar-refractivity contribution >= 4 is 23.2 Å². The second-order valence-corrected chi connectivity index (χ2v) is 4.82. The summed E-state index contributed by atoms with van der Waals surface area (Å²) in [5, 5.41) is 2.81. The van der Waals surface area contributed by atoms with Gasteiger partial charge in [0.05, 0.1) is 16.8 Å². The molecule has 3 N–H and O–H groups in total. The van der Waals surface area contributed by atoms with Gasteiger partial charge in [-0.25, -0.2) is 4.39 Å². The maximum atomic E-state index is 13.1. The van der Waals surface area contributed by atoms with Gasteiger partial charge in [0.15, 0.2) is 0 Å². The van der Waals surface area contributed by atoms with Crippen molar-refractivity contribution in [2.75, 3.05) is 5.32 Å². The molecule has 0 saturated carbocycles. The van der Waals surface area contributed by atoms with Gasteiger partial charge < -0.3 is 11.1 Å². The second kappa shape index (κ2) is 6.50. The highest BCUT2D eigenvalue weighted by Gasteiger charge is 2.15. The molecule has 0 heterocycles. The Morgan fingerprint density at radius 2 is 1.95 bits per heavy atom. The second-order valence-electron chi connectivity index (χ2n) is 4.41. The molecule has 0 aromatic heterocycles. The minimum Gasteiger partial charge on any atom is -0.323 e. The van der Waals surface area contributed by atoms with Crippen LogP contribution in [0.25, 0.3) is 0 Å². The lowest BCUT2D eigenvalue weighted by Gasteiger charge is -2.13. The molecule has 104 valence electrons. The van der Waals surface area contributed by atoms with E-state index in [1.54, 1.807) is 0 Å². The summed E-state index contributed by atoms with van der Waals surface area (Å²) in [4.78, 5) is 12.0. The summed E-state index contributed by atoms with van der Waals surface area (Å²) in [6.07, 6.45) is 0.402. The lowest BCUT2D eigenvalue weighted by molar-refractivity contribution is -0.117. The molecule has 0 bridgehead atoms. The molecule has 0 aliphatic heterocycles. The average Bonchev–Trinajstić information content (AvgIpc) is 2.44. The first-order chi connectivity index (χ1) is 9.56. The van der Waals surface area contributed by atoms with Crippen LogP contribution in [0, 0.1) is 5.82 Å². The summed E-state index contributed by atoms with van der Waals surface area (Å²) < 4.78 is 13.1. The van der Waals surface area contributed by atoms with E-state index in [0.717, 1.165) is 11.6 Å². The third kappa shape index (κ3) is 3.79. The predicted molar refractivity (Wildman–Crippen MR) is 78.2 cm³/mol. The van der Waals surface area contributed by atoms with E-state index in [1.807, 2.05) is 30.3 Å². The topological polar surface area (TPSA) is 55.1 Å².